The number of nitrogens with one attached hydrogen (secondary N) is 1. The fourth-order valence-corrected chi connectivity index (χ4v) is 5.61. The highest BCUT2D eigenvalue weighted by molar-refractivity contribution is 7.19. The number of anilines is 2. The van der Waals surface area contributed by atoms with Gasteiger partial charge in [-0.15, -0.1) is 11.3 Å². The fourth-order valence-electron chi connectivity index (χ4n) is 4.26. The van der Waals surface area contributed by atoms with Gasteiger partial charge in [0.05, 0.1) is 5.39 Å². The number of rotatable bonds is 2. The Bertz CT molecular complexity index is 915. The van der Waals surface area contributed by atoms with Crippen molar-refractivity contribution in [2.45, 2.75) is 26.2 Å². The van der Waals surface area contributed by atoms with E-state index in [0.29, 0.717) is 0 Å². The summed E-state index contributed by atoms with van der Waals surface area (Å²) < 4.78 is 0. The van der Waals surface area contributed by atoms with Gasteiger partial charge in [0, 0.05) is 48.9 Å². The number of pyridine rings is 1. The Kier molecular flexibility index (Phi) is 4.00. The molecule has 0 saturated carbocycles. The molecule has 1 fully saturated rings. The molecule has 1 N–H and O–H groups in total. The van der Waals surface area contributed by atoms with E-state index in [2.05, 4.69) is 38.8 Å². The highest BCUT2D eigenvalue weighted by atomic mass is 32.1. The van der Waals surface area contributed by atoms with Crippen molar-refractivity contribution < 1.29 is 4.98 Å². The quantitative estimate of drug-likeness (QED) is 0.700. The lowest BCUT2D eigenvalue weighted by Gasteiger charge is -2.36. The monoisotopic (exact) mass is 366 g/mol. The third kappa shape index (κ3) is 2.72. The maximum Gasteiger partial charge on any atom is 0.169 e. The predicted molar refractivity (Wildman–Crippen MR) is 106 cm³/mol. The first-order valence-electron chi connectivity index (χ1n) is 9.51. The van der Waals surface area contributed by atoms with Gasteiger partial charge in [-0.2, -0.15) is 0 Å². The minimum absolute atomic E-state index is 0.790. The summed E-state index contributed by atoms with van der Waals surface area (Å²) in [7, 11) is 0. The van der Waals surface area contributed by atoms with E-state index in [-0.39, 0.29) is 0 Å². The van der Waals surface area contributed by atoms with Crippen molar-refractivity contribution in [1.82, 2.24) is 9.97 Å². The van der Waals surface area contributed by atoms with Gasteiger partial charge >= 0.3 is 0 Å². The molecule has 1 saturated heterocycles. The van der Waals surface area contributed by atoms with Gasteiger partial charge in [0.25, 0.3) is 0 Å². The molecule has 0 amide bonds. The largest absolute Gasteiger partial charge is 0.368 e. The average molecular weight is 367 g/mol. The molecule has 1 atom stereocenters. The van der Waals surface area contributed by atoms with Gasteiger partial charge in [-0.1, -0.05) is 6.92 Å². The molecule has 1 aliphatic heterocycles. The smallest absolute Gasteiger partial charge is 0.169 e. The number of hydrogen-bond acceptors (Lipinski definition) is 5. The van der Waals surface area contributed by atoms with Crippen molar-refractivity contribution in [3.05, 3.63) is 41.3 Å². The summed E-state index contributed by atoms with van der Waals surface area (Å²) in [5.41, 5.74) is 2.82. The molecule has 26 heavy (non-hydrogen) atoms. The van der Waals surface area contributed by atoms with E-state index in [1.54, 1.807) is 11.2 Å². The highest BCUT2D eigenvalue weighted by Gasteiger charge is 2.26. The molecule has 134 valence electrons. The normalized spacial score (nSPS) is 20.4. The summed E-state index contributed by atoms with van der Waals surface area (Å²) in [4.78, 5) is 20.1. The van der Waals surface area contributed by atoms with E-state index in [9.17, 15) is 0 Å². The second-order valence-corrected chi connectivity index (χ2v) is 8.55. The standard InChI is InChI=1S/C20H23N5S/c1-14-2-3-16-17(12-14)26-20-18(16)19(22-13-23-20)25-10-8-24(9-11-25)15-4-6-21-7-5-15/h4-7,13-14H,2-3,8-12H2,1H3/p+1/t14-/m0/s1. The van der Waals surface area contributed by atoms with Crippen molar-refractivity contribution in [3.63, 3.8) is 0 Å². The Hall–Kier alpha value is -2.21. The molecule has 0 bridgehead atoms. The van der Waals surface area contributed by atoms with E-state index in [1.807, 2.05) is 23.7 Å². The number of hydrogen-bond donors (Lipinski definition) is 0. The molecule has 0 radical (unpaired) electrons. The van der Waals surface area contributed by atoms with Crippen LogP contribution in [0.4, 0.5) is 11.5 Å². The van der Waals surface area contributed by atoms with Crippen LogP contribution in [0, 0.1) is 5.92 Å². The number of H-pyrrole nitrogens is 1. The van der Waals surface area contributed by atoms with Gasteiger partial charge < -0.3 is 9.80 Å². The second-order valence-electron chi connectivity index (χ2n) is 7.46. The molecule has 2 aliphatic rings. The zero-order valence-corrected chi connectivity index (χ0v) is 15.9. The lowest BCUT2D eigenvalue weighted by atomic mass is 9.89. The number of aromatic nitrogens is 3. The molecule has 1 aliphatic carbocycles. The first-order valence-corrected chi connectivity index (χ1v) is 10.3. The van der Waals surface area contributed by atoms with E-state index in [0.717, 1.165) is 37.9 Å². The first-order chi connectivity index (χ1) is 12.8. The van der Waals surface area contributed by atoms with Gasteiger partial charge in [0.15, 0.2) is 12.4 Å². The Morgan fingerprint density at radius 1 is 1.08 bits per heavy atom. The lowest BCUT2D eigenvalue weighted by Crippen LogP contribution is -2.47. The molecule has 3 aromatic rings. The van der Waals surface area contributed by atoms with Crippen LogP contribution in [0.5, 0.6) is 0 Å². The van der Waals surface area contributed by atoms with Crippen molar-refractivity contribution in [2.24, 2.45) is 5.92 Å². The van der Waals surface area contributed by atoms with Gasteiger partial charge in [0.1, 0.15) is 17.0 Å². The molecule has 0 spiro atoms. The molecular formula is C20H24N5S+. The van der Waals surface area contributed by atoms with Gasteiger partial charge in [-0.05, 0) is 30.7 Å². The van der Waals surface area contributed by atoms with Crippen molar-refractivity contribution in [3.8, 4) is 0 Å². The van der Waals surface area contributed by atoms with Crippen molar-refractivity contribution >= 4 is 33.1 Å². The van der Waals surface area contributed by atoms with Crippen LogP contribution in [-0.2, 0) is 12.8 Å². The van der Waals surface area contributed by atoms with Crippen LogP contribution in [0.15, 0.2) is 30.9 Å². The summed E-state index contributed by atoms with van der Waals surface area (Å²) in [6.45, 7) is 6.43. The summed E-state index contributed by atoms with van der Waals surface area (Å²) in [6, 6.07) is 4.30. The van der Waals surface area contributed by atoms with Crippen LogP contribution >= 0.6 is 11.3 Å². The molecular weight excluding hydrogens is 342 g/mol. The third-order valence-electron chi connectivity index (χ3n) is 5.72. The van der Waals surface area contributed by atoms with E-state index < -0.39 is 0 Å². The summed E-state index contributed by atoms with van der Waals surface area (Å²) >= 11 is 1.89. The molecule has 0 aromatic carbocycles. The SMILES string of the molecule is C[C@H]1CCc2c(sc3ncnc(N4CCN(c5cc[nH+]cc5)CC4)c23)C1. The van der Waals surface area contributed by atoms with Crippen LogP contribution in [0.25, 0.3) is 10.2 Å². The summed E-state index contributed by atoms with van der Waals surface area (Å²) in [5, 5.41) is 1.34. The van der Waals surface area contributed by atoms with Gasteiger partial charge in [-0.3, -0.25) is 0 Å². The number of fused-ring (bicyclic) bond motifs is 3. The van der Waals surface area contributed by atoms with Crippen LogP contribution < -0.4 is 14.8 Å². The molecule has 5 nitrogen and oxygen atoms in total. The Morgan fingerprint density at radius 2 is 1.85 bits per heavy atom. The van der Waals surface area contributed by atoms with Crippen molar-refractivity contribution in [2.75, 3.05) is 36.0 Å². The predicted octanol–water partition coefficient (Wildman–Crippen LogP) is 2.96. The Morgan fingerprint density at radius 3 is 2.65 bits per heavy atom. The molecule has 4 heterocycles. The minimum Gasteiger partial charge on any atom is -0.368 e. The highest BCUT2D eigenvalue weighted by Crippen LogP contribution is 2.40. The van der Waals surface area contributed by atoms with Crippen molar-refractivity contribution in [1.29, 1.82) is 0 Å². The van der Waals surface area contributed by atoms with E-state index in [1.165, 1.54) is 40.7 Å². The topological polar surface area (TPSA) is 46.4 Å². The molecule has 0 unspecified atom stereocenters. The molecule has 3 aromatic heterocycles. The number of thiophene rings is 1. The van der Waals surface area contributed by atoms with Crippen LogP contribution in [0.1, 0.15) is 23.8 Å². The Labute approximate surface area is 157 Å². The van der Waals surface area contributed by atoms with E-state index in [4.69, 9.17) is 4.98 Å². The van der Waals surface area contributed by atoms with Gasteiger partial charge in [0.2, 0.25) is 0 Å². The maximum absolute atomic E-state index is 4.73. The number of aryl methyl sites for hydroxylation is 1. The number of aromatic amines is 1. The fraction of sp³-hybridized carbons (Fsp3) is 0.450. The first kappa shape index (κ1) is 16.0. The average Bonchev–Trinajstić information content (AvgIpc) is 3.06. The molecule has 6 heteroatoms. The summed E-state index contributed by atoms with van der Waals surface area (Å²) in [5.74, 6) is 1.95. The Balaban J connectivity index is 1.43. The second kappa shape index (κ2) is 6.50. The minimum atomic E-state index is 0.790. The molecule has 5 rings (SSSR count). The van der Waals surface area contributed by atoms with Crippen LogP contribution in [-0.4, -0.2) is 36.1 Å². The van der Waals surface area contributed by atoms with E-state index >= 15 is 0 Å². The zero-order chi connectivity index (χ0) is 17.5. The van der Waals surface area contributed by atoms with Gasteiger partial charge in [-0.25, -0.2) is 15.0 Å². The maximum atomic E-state index is 4.73. The number of nitrogens with zero attached hydrogens (tertiary/aromatic N) is 4. The summed E-state index contributed by atoms with van der Waals surface area (Å²) in [6.07, 6.45) is 9.41. The third-order valence-corrected chi connectivity index (χ3v) is 6.88. The lowest BCUT2D eigenvalue weighted by molar-refractivity contribution is -0.377. The zero-order valence-electron chi connectivity index (χ0n) is 15.1. The van der Waals surface area contributed by atoms with Crippen LogP contribution in [0.2, 0.25) is 0 Å². The number of piperazine rings is 1. The van der Waals surface area contributed by atoms with Crippen LogP contribution in [0.3, 0.4) is 0 Å².